The smallest absolute Gasteiger partial charge is 0.307 e. The monoisotopic (exact) mass is 472 g/mol. The molecule has 0 aliphatic carbocycles. The average Bonchev–Trinajstić information content (AvgIpc) is 2.78. The molecule has 0 fully saturated rings. The van der Waals surface area contributed by atoms with Crippen molar-refractivity contribution in [3.63, 3.8) is 0 Å². The van der Waals surface area contributed by atoms with Gasteiger partial charge in [-0.1, -0.05) is 30.3 Å². The lowest BCUT2D eigenvalue weighted by molar-refractivity contribution is -0.136. The molecular formula is C23H21FN2O6S. The first-order valence-electron chi connectivity index (χ1n) is 9.80. The number of hydrogen-bond acceptors (Lipinski definition) is 5. The summed E-state index contributed by atoms with van der Waals surface area (Å²) >= 11 is 0. The lowest BCUT2D eigenvalue weighted by Crippen LogP contribution is -2.47. The normalized spacial score (nSPS) is 12.0. The fraction of sp³-hybridized carbons (Fsp3) is 0.130. The Bertz CT molecular complexity index is 1200. The van der Waals surface area contributed by atoms with Crippen LogP contribution in [0, 0.1) is 5.82 Å². The maximum Gasteiger partial charge on any atom is 0.307 e. The predicted molar refractivity (Wildman–Crippen MR) is 119 cm³/mol. The van der Waals surface area contributed by atoms with Crippen molar-refractivity contribution in [1.29, 1.82) is 0 Å². The van der Waals surface area contributed by atoms with Crippen molar-refractivity contribution >= 4 is 27.6 Å². The van der Waals surface area contributed by atoms with E-state index >= 15 is 0 Å². The lowest BCUT2D eigenvalue weighted by atomic mass is 10.1. The van der Waals surface area contributed by atoms with Crippen LogP contribution >= 0.6 is 0 Å². The second-order valence-electron chi connectivity index (χ2n) is 7.01. The number of ether oxygens (including phenoxy) is 1. The summed E-state index contributed by atoms with van der Waals surface area (Å²) in [7, 11) is -4.16. The lowest BCUT2D eigenvalue weighted by Gasteiger charge is -2.19. The average molecular weight is 472 g/mol. The van der Waals surface area contributed by atoms with E-state index in [1.165, 1.54) is 12.1 Å². The Morgan fingerprint density at radius 1 is 0.939 bits per heavy atom. The molecule has 3 N–H and O–H groups in total. The molecule has 0 unspecified atom stereocenters. The van der Waals surface area contributed by atoms with Crippen LogP contribution in [0.5, 0.6) is 5.75 Å². The molecule has 172 valence electrons. The first-order chi connectivity index (χ1) is 15.7. The van der Waals surface area contributed by atoms with Gasteiger partial charge in [-0.2, -0.15) is 4.72 Å². The van der Waals surface area contributed by atoms with Crippen molar-refractivity contribution < 1.29 is 32.2 Å². The SMILES string of the molecule is O=C(O)Cc1ccc(NC(=O)[C@H](COc2ccccc2)NS(=O)(=O)c2ccc(F)cc2)cc1. The summed E-state index contributed by atoms with van der Waals surface area (Å²) < 4.78 is 46.5. The highest BCUT2D eigenvalue weighted by Crippen LogP contribution is 2.15. The minimum atomic E-state index is -4.16. The molecule has 33 heavy (non-hydrogen) atoms. The molecule has 1 amide bonds. The largest absolute Gasteiger partial charge is 0.491 e. The van der Waals surface area contributed by atoms with Gasteiger partial charge >= 0.3 is 5.97 Å². The molecule has 0 saturated heterocycles. The van der Waals surface area contributed by atoms with E-state index in [1.807, 2.05) is 0 Å². The summed E-state index contributed by atoms with van der Waals surface area (Å²) in [4.78, 5) is 23.5. The summed E-state index contributed by atoms with van der Waals surface area (Å²) in [6.45, 7) is -0.312. The van der Waals surface area contributed by atoms with Crippen LogP contribution in [0.2, 0.25) is 0 Å². The van der Waals surface area contributed by atoms with Crippen LogP contribution in [0.4, 0.5) is 10.1 Å². The second kappa shape index (κ2) is 10.7. The van der Waals surface area contributed by atoms with Gasteiger partial charge in [0.2, 0.25) is 15.9 Å². The number of carboxylic acid groups (broad SMARTS) is 1. The maximum atomic E-state index is 13.2. The van der Waals surface area contributed by atoms with Crippen molar-refractivity contribution in [2.45, 2.75) is 17.4 Å². The molecule has 3 aromatic rings. The van der Waals surface area contributed by atoms with E-state index in [4.69, 9.17) is 9.84 Å². The van der Waals surface area contributed by atoms with E-state index in [1.54, 1.807) is 42.5 Å². The first kappa shape index (κ1) is 23.9. The maximum absolute atomic E-state index is 13.2. The highest BCUT2D eigenvalue weighted by atomic mass is 32.2. The van der Waals surface area contributed by atoms with Crippen LogP contribution in [0.1, 0.15) is 5.56 Å². The number of rotatable bonds is 10. The molecule has 0 bridgehead atoms. The first-order valence-corrected chi connectivity index (χ1v) is 11.3. The van der Waals surface area contributed by atoms with Crippen LogP contribution in [0.15, 0.2) is 83.8 Å². The fourth-order valence-corrected chi connectivity index (χ4v) is 4.02. The molecular weight excluding hydrogens is 451 g/mol. The Balaban J connectivity index is 1.77. The van der Waals surface area contributed by atoms with E-state index in [2.05, 4.69) is 10.0 Å². The highest BCUT2D eigenvalue weighted by Gasteiger charge is 2.27. The van der Waals surface area contributed by atoms with Gasteiger partial charge in [-0.25, -0.2) is 12.8 Å². The topological polar surface area (TPSA) is 122 Å². The van der Waals surface area contributed by atoms with Gasteiger partial charge in [-0.15, -0.1) is 0 Å². The fourth-order valence-electron chi connectivity index (χ4n) is 2.84. The third-order valence-electron chi connectivity index (χ3n) is 4.47. The molecule has 8 nitrogen and oxygen atoms in total. The number of hydrogen-bond donors (Lipinski definition) is 3. The van der Waals surface area contributed by atoms with E-state index in [0.717, 1.165) is 24.3 Å². The van der Waals surface area contributed by atoms with E-state index in [0.29, 0.717) is 17.0 Å². The van der Waals surface area contributed by atoms with E-state index < -0.39 is 33.8 Å². The molecule has 0 heterocycles. The van der Waals surface area contributed by atoms with Gasteiger partial charge in [0.25, 0.3) is 0 Å². The number of sulfonamides is 1. The Morgan fingerprint density at radius 3 is 2.18 bits per heavy atom. The molecule has 1 atom stereocenters. The summed E-state index contributed by atoms with van der Waals surface area (Å²) in [5.41, 5.74) is 0.890. The van der Waals surface area contributed by atoms with Gasteiger partial charge in [0.15, 0.2) is 0 Å². The molecule has 0 aliphatic rings. The number of benzene rings is 3. The summed E-state index contributed by atoms with van der Waals surface area (Å²) in [6, 6.07) is 17.5. The molecule has 0 spiro atoms. The van der Waals surface area contributed by atoms with Crippen molar-refractivity contribution in [1.82, 2.24) is 4.72 Å². The minimum absolute atomic E-state index is 0.167. The van der Waals surface area contributed by atoms with Crippen molar-refractivity contribution in [2.75, 3.05) is 11.9 Å². The zero-order valence-corrected chi connectivity index (χ0v) is 18.1. The third-order valence-corrected chi connectivity index (χ3v) is 5.96. The van der Waals surface area contributed by atoms with E-state index in [-0.39, 0.29) is 17.9 Å². The Hall–Kier alpha value is -3.76. The van der Waals surface area contributed by atoms with E-state index in [9.17, 15) is 22.4 Å². The van der Waals surface area contributed by atoms with Gasteiger partial charge in [0.05, 0.1) is 11.3 Å². The zero-order chi connectivity index (χ0) is 23.8. The Labute approximate surface area is 190 Å². The van der Waals surface area contributed by atoms with Crippen LogP contribution < -0.4 is 14.8 Å². The molecule has 0 radical (unpaired) electrons. The number of halogens is 1. The highest BCUT2D eigenvalue weighted by molar-refractivity contribution is 7.89. The standard InChI is InChI=1S/C23H21FN2O6S/c24-17-8-12-20(13-9-17)33(30,31)26-21(15-32-19-4-2-1-3-5-19)23(29)25-18-10-6-16(7-11-18)14-22(27)28/h1-13,21,26H,14-15H2,(H,25,29)(H,27,28)/t21-/m0/s1. The van der Waals surface area contributed by atoms with Crippen molar-refractivity contribution in [3.05, 3.63) is 90.2 Å². The number of nitrogens with one attached hydrogen (secondary N) is 2. The van der Waals surface area contributed by atoms with Gasteiger partial charge in [0, 0.05) is 5.69 Å². The zero-order valence-electron chi connectivity index (χ0n) is 17.3. The Morgan fingerprint density at radius 2 is 1.58 bits per heavy atom. The number of aliphatic carboxylic acids is 1. The number of para-hydroxylation sites is 1. The molecule has 3 rings (SSSR count). The summed E-state index contributed by atoms with van der Waals surface area (Å²) in [5, 5.41) is 11.4. The predicted octanol–water partition coefficient (Wildman–Crippen LogP) is 2.82. The second-order valence-corrected chi connectivity index (χ2v) is 8.72. The molecule has 0 aliphatic heterocycles. The quantitative estimate of drug-likeness (QED) is 0.417. The van der Waals surface area contributed by atoms with Crippen LogP contribution in [0.3, 0.4) is 0 Å². The Kier molecular flexibility index (Phi) is 7.75. The number of amides is 1. The van der Waals surface area contributed by atoms with Gasteiger partial charge in [-0.05, 0) is 54.1 Å². The van der Waals surface area contributed by atoms with Gasteiger partial charge in [-0.3, -0.25) is 9.59 Å². The number of carbonyl (C=O) groups excluding carboxylic acids is 1. The number of anilines is 1. The van der Waals surface area contributed by atoms with Gasteiger partial charge < -0.3 is 15.2 Å². The van der Waals surface area contributed by atoms with Crippen LogP contribution in [-0.4, -0.2) is 38.0 Å². The molecule has 0 aromatic heterocycles. The summed E-state index contributed by atoms with van der Waals surface area (Å²) in [6.07, 6.45) is -0.167. The minimum Gasteiger partial charge on any atom is -0.491 e. The number of carbonyl (C=O) groups is 2. The molecule has 10 heteroatoms. The molecule has 0 saturated carbocycles. The van der Waals surface area contributed by atoms with Gasteiger partial charge in [0.1, 0.15) is 24.2 Å². The van der Waals surface area contributed by atoms with Crippen LogP contribution in [0.25, 0.3) is 0 Å². The third kappa shape index (κ3) is 7.13. The molecule has 3 aromatic carbocycles. The number of carboxylic acids is 1. The van der Waals surface area contributed by atoms with Crippen LogP contribution in [-0.2, 0) is 26.0 Å². The van der Waals surface area contributed by atoms with Crippen molar-refractivity contribution in [3.8, 4) is 5.75 Å². The summed E-state index contributed by atoms with van der Waals surface area (Å²) in [5.74, 6) is -1.83. The van der Waals surface area contributed by atoms with Crippen molar-refractivity contribution in [2.24, 2.45) is 0 Å².